The van der Waals surface area contributed by atoms with E-state index in [0.29, 0.717) is 24.8 Å². The second-order valence-electron chi connectivity index (χ2n) is 3.87. The molecule has 1 aromatic rings. The van der Waals surface area contributed by atoms with E-state index >= 15 is 0 Å². The molecule has 2 unspecified atom stereocenters. The van der Waals surface area contributed by atoms with Crippen LogP contribution in [-0.4, -0.2) is 25.9 Å². The topological polar surface area (TPSA) is 44.5 Å². The smallest absolute Gasteiger partial charge is 0.0988 e. The molecule has 96 valence electrons. The summed E-state index contributed by atoms with van der Waals surface area (Å²) in [4.78, 5) is 0. The molecule has 2 N–H and O–H groups in total. The van der Waals surface area contributed by atoms with Crippen LogP contribution in [0.1, 0.15) is 25.5 Å². The summed E-state index contributed by atoms with van der Waals surface area (Å²) in [7, 11) is 0. The maximum Gasteiger partial charge on any atom is 0.0988 e. The van der Waals surface area contributed by atoms with Crippen LogP contribution in [0.3, 0.4) is 0 Å². The highest BCUT2D eigenvalue weighted by atomic mass is 35.5. The van der Waals surface area contributed by atoms with Gasteiger partial charge < -0.3 is 15.2 Å². The molecule has 0 spiro atoms. The Balaban J connectivity index is 2.63. The Kier molecular flexibility index (Phi) is 6.52. The van der Waals surface area contributed by atoms with Gasteiger partial charge in [0.15, 0.2) is 0 Å². The molecule has 3 nitrogen and oxygen atoms in total. The minimum atomic E-state index is -0.191. The molecule has 0 heterocycles. The summed E-state index contributed by atoms with van der Waals surface area (Å²) in [5.41, 5.74) is 6.86. The average molecular weight is 258 g/mol. The van der Waals surface area contributed by atoms with Gasteiger partial charge in [0.05, 0.1) is 19.3 Å². The third kappa shape index (κ3) is 4.64. The minimum absolute atomic E-state index is 0.114. The molecule has 0 aromatic heterocycles. The quantitative estimate of drug-likeness (QED) is 0.764. The summed E-state index contributed by atoms with van der Waals surface area (Å²) in [6.07, 6.45) is -0.191. The molecule has 0 radical (unpaired) electrons. The van der Waals surface area contributed by atoms with Gasteiger partial charge in [-0.25, -0.2) is 0 Å². The van der Waals surface area contributed by atoms with Gasteiger partial charge in [-0.3, -0.25) is 0 Å². The van der Waals surface area contributed by atoms with Crippen molar-refractivity contribution in [3.8, 4) is 0 Å². The zero-order valence-electron chi connectivity index (χ0n) is 10.4. The monoisotopic (exact) mass is 257 g/mol. The van der Waals surface area contributed by atoms with Crippen molar-refractivity contribution in [2.75, 3.05) is 19.8 Å². The number of rotatable bonds is 7. The minimum Gasteiger partial charge on any atom is -0.379 e. The van der Waals surface area contributed by atoms with Crippen molar-refractivity contribution in [2.24, 2.45) is 5.73 Å². The van der Waals surface area contributed by atoms with Gasteiger partial charge in [0.2, 0.25) is 0 Å². The molecule has 0 amide bonds. The van der Waals surface area contributed by atoms with E-state index in [4.69, 9.17) is 26.8 Å². The Bertz CT molecular complexity index is 331. The van der Waals surface area contributed by atoms with E-state index in [-0.39, 0.29) is 12.1 Å². The van der Waals surface area contributed by atoms with Crippen LogP contribution >= 0.6 is 11.6 Å². The maximum absolute atomic E-state index is 6.14. The van der Waals surface area contributed by atoms with E-state index in [0.717, 1.165) is 5.56 Å². The number of ether oxygens (including phenoxy) is 2. The average Bonchev–Trinajstić information content (AvgIpc) is 2.30. The van der Waals surface area contributed by atoms with Crippen LogP contribution in [-0.2, 0) is 9.47 Å². The third-order valence-electron chi connectivity index (χ3n) is 2.42. The van der Waals surface area contributed by atoms with Gasteiger partial charge in [0, 0.05) is 23.2 Å². The lowest BCUT2D eigenvalue weighted by atomic mass is 10.0. The van der Waals surface area contributed by atoms with Gasteiger partial charge in [0.25, 0.3) is 0 Å². The van der Waals surface area contributed by atoms with E-state index in [9.17, 15) is 0 Å². The number of hydrogen-bond donors (Lipinski definition) is 1. The highest BCUT2D eigenvalue weighted by molar-refractivity contribution is 6.31. The Morgan fingerprint density at radius 2 is 2.00 bits per heavy atom. The van der Waals surface area contributed by atoms with Crippen LogP contribution in [0.4, 0.5) is 0 Å². The second-order valence-corrected chi connectivity index (χ2v) is 4.28. The van der Waals surface area contributed by atoms with Crippen molar-refractivity contribution in [3.05, 3.63) is 34.9 Å². The van der Waals surface area contributed by atoms with Crippen molar-refractivity contribution in [2.45, 2.75) is 26.0 Å². The van der Waals surface area contributed by atoms with Gasteiger partial charge in [0.1, 0.15) is 0 Å². The van der Waals surface area contributed by atoms with Crippen LogP contribution < -0.4 is 5.73 Å². The van der Waals surface area contributed by atoms with Crippen molar-refractivity contribution in [3.63, 3.8) is 0 Å². The summed E-state index contributed by atoms with van der Waals surface area (Å²) in [6, 6.07) is 7.50. The standard InChI is InChI=1S/C13H20ClNO2/c1-3-16-8-9-17-13(10(2)15)11-6-4-5-7-12(11)14/h4-7,10,13H,3,8-9,15H2,1-2H3. The lowest BCUT2D eigenvalue weighted by Crippen LogP contribution is -2.28. The summed E-state index contributed by atoms with van der Waals surface area (Å²) >= 11 is 6.14. The van der Waals surface area contributed by atoms with Crippen molar-refractivity contribution in [1.82, 2.24) is 0 Å². The molecule has 0 fully saturated rings. The van der Waals surface area contributed by atoms with Crippen molar-refractivity contribution >= 4 is 11.6 Å². The first-order chi connectivity index (χ1) is 8.16. The highest BCUT2D eigenvalue weighted by Gasteiger charge is 2.19. The Morgan fingerprint density at radius 1 is 1.29 bits per heavy atom. The van der Waals surface area contributed by atoms with Crippen LogP contribution in [0.5, 0.6) is 0 Å². The second kappa shape index (κ2) is 7.67. The van der Waals surface area contributed by atoms with E-state index in [1.807, 2.05) is 38.1 Å². The van der Waals surface area contributed by atoms with E-state index in [1.165, 1.54) is 0 Å². The number of nitrogens with two attached hydrogens (primary N) is 1. The van der Waals surface area contributed by atoms with Gasteiger partial charge >= 0.3 is 0 Å². The molecule has 0 saturated carbocycles. The molecular formula is C13H20ClNO2. The SMILES string of the molecule is CCOCCOC(c1ccccc1Cl)C(C)N. The Labute approximate surface area is 108 Å². The summed E-state index contributed by atoms with van der Waals surface area (Å²) in [5.74, 6) is 0. The summed E-state index contributed by atoms with van der Waals surface area (Å²) < 4.78 is 11.0. The van der Waals surface area contributed by atoms with Gasteiger partial charge in [-0.1, -0.05) is 29.8 Å². The highest BCUT2D eigenvalue weighted by Crippen LogP contribution is 2.27. The molecule has 0 aliphatic heterocycles. The molecule has 1 rings (SSSR count). The zero-order valence-corrected chi connectivity index (χ0v) is 11.1. The van der Waals surface area contributed by atoms with Crippen molar-refractivity contribution < 1.29 is 9.47 Å². The van der Waals surface area contributed by atoms with Crippen LogP contribution in [0.25, 0.3) is 0 Å². The molecule has 17 heavy (non-hydrogen) atoms. The fourth-order valence-corrected chi connectivity index (χ4v) is 1.85. The first-order valence-corrected chi connectivity index (χ1v) is 6.24. The Hall–Kier alpha value is -0.610. The lowest BCUT2D eigenvalue weighted by molar-refractivity contribution is -0.00237. The molecule has 4 heteroatoms. The van der Waals surface area contributed by atoms with Gasteiger partial charge in [-0.2, -0.15) is 0 Å². The summed E-state index contributed by atoms with van der Waals surface area (Å²) in [6.45, 7) is 5.65. The van der Waals surface area contributed by atoms with Crippen LogP contribution in [0, 0.1) is 0 Å². The molecule has 0 bridgehead atoms. The van der Waals surface area contributed by atoms with E-state index in [1.54, 1.807) is 0 Å². The molecule has 0 aliphatic carbocycles. The van der Waals surface area contributed by atoms with Gasteiger partial charge in [-0.05, 0) is 19.9 Å². The lowest BCUT2D eigenvalue weighted by Gasteiger charge is -2.22. The zero-order chi connectivity index (χ0) is 12.7. The van der Waals surface area contributed by atoms with Gasteiger partial charge in [-0.15, -0.1) is 0 Å². The first kappa shape index (κ1) is 14.5. The van der Waals surface area contributed by atoms with Crippen molar-refractivity contribution in [1.29, 1.82) is 0 Å². The number of halogens is 1. The number of benzene rings is 1. The molecule has 2 atom stereocenters. The molecule has 1 aromatic carbocycles. The predicted octanol–water partition coefficient (Wildman–Crippen LogP) is 2.78. The normalized spacial score (nSPS) is 14.6. The Morgan fingerprint density at radius 3 is 2.59 bits per heavy atom. The fourth-order valence-electron chi connectivity index (χ4n) is 1.61. The molecular weight excluding hydrogens is 238 g/mol. The van der Waals surface area contributed by atoms with E-state index in [2.05, 4.69) is 0 Å². The molecule has 0 aliphatic rings. The van der Waals surface area contributed by atoms with E-state index < -0.39 is 0 Å². The third-order valence-corrected chi connectivity index (χ3v) is 2.76. The number of hydrogen-bond acceptors (Lipinski definition) is 3. The van der Waals surface area contributed by atoms with Crippen LogP contribution in [0.15, 0.2) is 24.3 Å². The first-order valence-electron chi connectivity index (χ1n) is 5.86. The molecule has 0 saturated heterocycles. The fraction of sp³-hybridized carbons (Fsp3) is 0.538. The maximum atomic E-state index is 6.14. The predicted molar refractivity (Wildman–Crippen MR) is 70.3 cm³/mol. The largest absolute Gasteiger partial charge is 0.379 e. The summed E-state index contributed by atoms with van der Waals surface area (Å²) in [5, 5.41) is 0.686. The van der Waals surface area contributed by atoms with Crippen LogP contribution in [0.2, 0.25) is 5.02 Å².